The van der Waals surface area contributed by atoms with E-state index in [0.29, 0.717) is 44.2 Å². The number of morpholine rings is 1. The van der Waals surface area contributed by atoms with Gasteiger partial charge in [-0.3, -0.25) is 14.5 Å². The van der Waals surface area contributed by atoms with Gasteiger partial charge in [0.1, 0.15) is 18.1 Å². The van der Waals surface area contributed by atoms with Gasteiger partial charge in [0.2, 0.25) is 0 Å². The number of rotatable bonds is 8. The van der Waals surface area contributed by atoms with Crippen LogP contribution in [-0.4, -0.2) is 72.6 Å². The summed E-state index contributed by atoms with van der Waals surface area (Å²) in [5.74, 6) is -0.789. The van der Waals surface area contributed by atoms with Crippen molar-refractivity contribution in [1.82, 2.24) is 9.80 Å². The first kappa shape index (κ1) is 27.6. The van der Waals surface area contributed by atoms with Gasteiger partial charge in [-0.15, -0.1) is 0 Å². The second-order valence-electron chi connectivity index (χ2n) is 10.9. The molecule has 0 bridgehead atoms. The minimum Gasteiger partial charge on any atom is -0.507 e. The molecule has 2 aliphatic heterocycles. The quantitative estimate of drug-likeness (QED) is 0.238. The fraction of sp³-hybridized carbons (Fsp3) is 0.419. The van der Waals surface area contributed by atoms with E-state index < -0.39 is 17.7 Å². The summed E-state index contributed by atoms with van der Waals surface area (Å²) in [6, 6.07) is 12.6. The smallest absolute Gasteiger partial charge is 0.295 e. The normalized spacial score (nSPS) is 20.1. The molecule has 7 nitrogen and oxygen atoms in total. The molecule has 0 aliphatic carbocycles. The molecule has 0 saturated carbocycles. The number of ether oxygens (including phenoxy) is 2. The van der Waals surface area contributed by atoms with Gasteiger partial charge < -0.3 is 19.5 Å². The lowest BCUT2D eigenvalue weighted by molar-refractivity contribution is -0.140. The van der Waals surface area contributed by atoms with Crippen molar-refractivity contribution >= 4 is 17.4 Å². The number of hydrogen-bond donors (Lipinski definition) is 1. The van der Waals surface area contributed by atoms with Crippen molar-refractivity contribution in [3.05, 3.63) is 82.9 Å². The number of carbonyl (C=O) groups excluding carboxylic acids is 2. The summed E-state index contributed by atoms with van der Waals surface area (Å²) in [7, 11) is 0. The van der Waals surface area contributed by atoms with Gasteiger partial charge in [0.15, 0.2) is 0 Å². The van der Waals surface area contributed by atoms with Gasteiger partial charge in [0, 0.05) is 31.7 Å². The molecule has 2 saturated heterocycles. The van der Waals surface area contributed by atoms with Crippen molar-refractivity contribution in [3.63, 3.8) is 0 Å². The summed E-state index contributed by atoms with van der Waals surface area (Å²) in [4.78, 5) is 30.6. The zero-order valence-corrected chi connectivity index (χ0v) is 22.8. The number of ketones is 1. The molecule has 1 atom stereocenters. The number of aryl methyl sites for hydroxylation is 1. The summed E-state index contributed by atoms with van der Waals surface area (Å²) in [5.41, 5.74) is 3.26. The van der Waals surface area contributed by atoms with Crippen LogP contribution in [0.5, 0.6) is 5.75 Å². The molecule has 0 aromatic heterocycles. The van der Waals surface area contributed by atoms with Gasteiger partial charge in [-0.1, -0.05) is 57.7 Å². The molecule has 0 spiro atoms. The van der Waals surface area contributed by atoms with Crippen LogP contribution < -0.4 is 4.74 Å². The number of likely N-dealkylation sites (tertiary alicyclic amines) is 1. The van der Waals surface area contributed by atoms with E-state index in [0.717, 1.165) is 29.8 Å². The lowest BCUT2D eigenvalue weighted by Gasteiger charge is -2.31. The van der Waals surface area contributed by atoms with Gasteiger partial charge >= 0.3 is 0 Å². The van der Waals surface area contributed by atoms with Crippen LogP contribution in [0.2, 0.25) is 0 Å². The third-order valence-corrected chi connectivity index (χ3v) is 7.21. The third-order valence-electron chi connectivity index (χ3n) is 7.21. The van der Waals surface area contributed by atoms with Crippen molar-refractivity contribution < 1.29 is 24.2 Å². The number of aliphatic hydroxyl groups is 1. The van der Waals surface area contributed by atoms with E-state index in [4.69, 9.17) is 9.47 Å². The maximum Gasteiger partial charge on any atom is 0.295 e. The fourth-order valence-corrected chi connectivity index (χ4v) is 4.99. The Bertz CT molecular complexity index is 1220. The SMILES string of the molecule is C=CCOc1ccc(C(O)=C2C(=O)C(=O)N(CCN3CCOCC3)[C@@H]2c2ccc(C(C)(C)C)cc2)c(C)c1. The molecule has 0 radical (unpaired) electrons. The Morgan fingerprint density at radius 3 is 2.39 bits per heavy atom. The molecule has 2 aliphatic rings. The van der Waals surface area contributed by atoms with Crippen molar-refractivity contribution in [3.8, 4) is 5.75 Å². The first-order valence-corrected chi connectivity index (χ1v) is 13.2. The second kappa shape index (κ2) is 11.5. The molecule has 0 unspecified atom stereocenters. The van der Waals surface area contributed by atoms with Crippen LogP contribution in [0.15, 0.2) is 60.7 Å². The van der Waals surface area contributed by atoms with Crippen LogP contribution in [0, 0.1) is 6.92 Å². The topological polar surface area (TPSA) is 79.3 Å². The Hall–Kier alpha value is -3.42. The Morgan fingerprint density at radius 2 is 1.79 bits per heavy atom. The molecule has 202 valence electrons. The van der Waals surface area contributed by atoms with Gasteiger partial charge in [-0.2, -0.15) is 0 Å². The Morgan fingerprint density at radius 1 is 1.11 bits per heavy atom. The maximum atomic E-state index is 13.4. The highest BCUT2D eigenvalue weighted by Gasteiger charge is 2.46. The molecule has 1 N–H and O–H groups in total. The summed E-state index contributed by atoms with van der Waals surface area (Å²) < 4.78 is 11.1. The number of hydrogen-bond acceptors (Lipinski definition) is 6. The predicted molar refractivity (Wildman–Crippen MR) is 148 cm³/mol. The summed E-state index contributed by atoms with van der Waals surface area (Å²) in [6.45, 7) is 16.2. The molecular formula is C31H38N2O5. The standard InChI is InChI=1S/C31H38N2O5/c1-6-17-38-24-11-12-25(21(2)20-24)28(34)26-27(22-7-9-23(10-8-22)31(3,4)5)33(30(36)29(26)35)14-13-32-15-18-37-19-16-32/h6-12,20,27,34H,1,13-19H2,2-5H3/t27-/m1/s1. The highest BCUT2D eigenvalue weighted by Crippen LogP contribution is 2.40. The molecule has 1 amide bonds. The van der Waals surface area contributed by atoms with E-state index in [2.05, 4.69) is 32.3 Å². The van der Waals surface area contributed by atoms with E-state index in [1.165, 1.54) is 0 Å². The molecule has 7 heteroatoms. The molecule has 2 fully saturated rings. The third kappa shape index (κ3) is 5.84. The van der Waals surface area contributed by atoms with Gasteiger partial charge in [0.05, 0.1) is 24.8 Å². The van der Waals surface area contributed by atoms with Gasteiger partial charge in [-0.05, 0) is 47.2 Å². The monoisotopic (exact) mass is 518 g/mol. The van der Waals surface area contributed by atoms with Gasteiger partial charge in [-0.25, -0.2) is 0 Å². The van der Waals surface area contributed by atoms with Crippen molar-refractivity contribution in [2.75, 3.05) is 46.0 Å². The zero-order valence-electron chi connectivity index (χ0n) is 22.8. The van der Waals surface area contributed by atoms with E-state index in [-0.39, 0.29) is 16.7 Å². The maximum absolute atomic E-state index is 13.4. The summed E-state index contributed by atoms with van der Waals surface area (Å²) in [6.07, 6.45) is 1.66. The Balaban J connectivity index is 1.75. The van der Waals surface area contributed by atoms with Crippen molar-refractivity contribution in [2.24, 2.45) is 0 Å². The highest BCUT2D eigenvalue weighted by molar-refractivity contribution is 6.46. The number of aliphatic hydroxyl groups excluding tert-OH is 1. The van der Waals surface area contributed by atoms with Crippen LogP contribution in [-0.2, 0) is 19.7 Å². The van der Waals surface area contributed by atoms with Crippen LogP contribution >= 0.6 is 0 Å². The van der Waals surface area contributed by atoms with E-state index >= 15 is 0 Å². The lowest BCUT2D eigenvalue weighted by atomic mass is 9.85. The van der Waals surface area contributed by atoms with Crippen LogP contribution in [0.25, 0.3) is 5.76 Å². The highest BCUT2D eigenvalue weighted by atomic mass is 16.5. The summed E-state index contributed by atoms with van der Waals surface area (Å²) >= 11 is 0. The summed E-state index contributed by atoms with van der Waals surface area (Å²) in [5, 5.41) is 11.5. The fourth-order valence-electron chi connectivity index (χ4n) is 4.99. The first-order valence-electron chi connectivity index (χ1n) is 13.2. The molecule has 2 heterocycles. The number of carbonyl (C=O) groups is 2. The zero-order chi connectivity index (χ0) is 27.4. The van der Waals surface area contributed by atoms with Crippen molar-refractivity contribution in [1.29, 1.82) is 0 Å². The minimum absolute atomic E-state index is 0.0385. The Labute approximate surface area is 225 Å². The van der Waals surface area contributed by atoms with Crippen LogP contribution in [0.1, 0.15) is 49.1 Å². The predicted octanol–water partition coefficient (Wildman–Crippen LogP) is 4.61. The minimum atomic E-state index is -0.679. The molecule has 38 heavy (non-hydrogen) atoms. The van der Waals surface area contributed by atoms with Crippen LogP contribution in [0.4, 0.5) is 0 Å². The molecular weight excluding hydrogens is 480 g/mol. The largest absolute Gasteiger partial charge is 0.507 e. The van der Waals surface area contributed by atoms with Gasteiger partial charge in [0.25, 0.3) is 11.7 Å². The number of nitrogens with zero attached hydrogens (tertiary/aromatic N) is 2. The lowest BCUT2D eigenvalue weighted by Crippen LogP contribution is -2.42. The average Bonchev–Trinajstić information content (AvgIpc) is 3.15. The molecule has 4 rings (SSSR count). The molecule has 2 aromatic rings. The van der Waals surface area contributed by atoms with Crippen molar-refractivity contribution in [2.45, 2.75) is 39.2 Å². The second-order valence-corrected chi connectivity index (χ2v) is 10.9. The number of amides is 1. The van der Waals surface area contributed by atoms with E-state index in [9.17, 15) is 14.7 Å². The van der Waals surface area contributed by atoms with E-state index in [1.54, 1.807) is 29.2 Å². The van der Waals surface area contributed by atoms with E-state index in [1.807, 2.05) is 31.2 Å². The Kier molecular flexibility index (Phi) is 8.38. The first-order chi connectivity index (χ1) is 18.1. The molecule has 2 aromatic carbocycles. The number of benzene rings is 2. The average molecular weight is 519 g/mol. The van der Waals surface area contributed by atoms with Crippen LogP contribution in [0.3, 0.4) is 0 Å². The number of Topliss-reactive ketones (excluding diaryl/α,β-unsaturated/α-hetero) is 1.